The van der Waals surface area contributed by atoms with Crippen LogP contribution in [0.4, 0.5) is 0 Å². The minimum atomic E-state index is -0.599. The third kappa shape index (κ3) is 8.44. The van der Waals surface area contributed by atoms with E-state index in [2.05, 4.69) is 11.4 Å². The van der Waals surface area contributed by atoms with Gasteiger partial charge < -0.3 is 10.2 Å². The predicted molar refractivity (Wildman–Crippen MR) is 147 cm³/mol. The number of nitrogens with zero attached hydrogens (tertiary/aromatic N) is 1. The van der Waals surface area contributed by atoms with Crippen LogP contribution in [-0.4, -0.2) is 35.1 Å². The van der Waals surface area contributed by atoms with E-state index >= 15 is 0 Å². The van der Waals surface area contributed by atoms with Crippen LogP contribution in [0.3, 0.4) is 0 Å². The standard InChI is InChI=1S/C29H33ClN2O2S/c1-3-16-31-29(34)27(18-23-11-5-4-6-12-23)32(19-24-13-9-10-22(2)17-24)28(33)21-35-20-25-14-7-8-15-26(25)30/h4-15,17,27H,3,16,18-21H2,1-2H3,(H,31,34)/t27-/m0/s1. The Morgan fingerprint density at radius 2 is 1.69 bits per heavy atom. The van der Waals surface area contributed by atoms with E-state index in [1.165, 1.54) is 11.8 Å². The molecule has 0 aliphatic carbocycles. The largest absolute Gasteiger partial charge is 0.354 e. The lowest BCUT2D eigenvalue weighted by Gasteiger charge is -2.31. The molecule has 3 aromatic carbocycles. The predicted octanol–water partition coefficient (Wildman–Crippen LogP) is 6.05. The van der Waals surface area contributed by atoms with E-state index in [-0.39, 0.29) is 17.6 Å². The number of hydrogen-bond acceptors (Lipinski definition) is 3. The summed E-state index contributed by atoms with van der Waals surface area (Å²) in [6.07, 6.45) is 1.30. The quantitative estimate of drug-likeness (QED) is 0.324. The van der Waals surface area contributed by atoms with Crippen molar-refractivity contribution >= 4 is 35.2 Å². The van der Waals surface area contributed by atoms with Crippen LogP contribution in [0.2, 0.25) is 5.02 Å². The van der Waals surface area contributed by atoms with Gasteiger partial charge in [-0.2, -0.15) is 0 Å². The van der Waals surface area contributed by atoms with Crippen molar-refractivity contribution in [3.8, 4) is 0 Å². The highest BCUT2D eigenvalue weighted by molar-refractivity contribution is 7.99. The first kappa shape index (κ1) is 26.8. The normalized spacial score (nSPS) is 11.6. The first-order valence-electron chi connectivity index (χ1n) is 12.0. The molecule has 1 atom stereocenters. The van der Waals surface area contributed by atoms with Crippen molar-refractivity contribution < 1.29 is 9.59 Å². The van der Waals surface area contributed by atoms with Crippen molar-refractivity contribution in [2.45, 2.75) is 45.0 Å². The van der Waals surface area contributed by atoms with Crippen LogP contribution in [-0.2, 0) is 28.3 Å². The van der Waals surface area contributed by atoms with Gasteiger partial charge in [-0.05, 0) is 36.1 Å². The molecule has 0 bridgehead atoms. The molecule has 0 unspecified atom stereocenters. The van der Waals surface area contributed by atoms with Crippen LogP contribution < -0.4 is 5.32 Å². The smallest absolute Gasteiger partial charge is 0.243 e. The zero-order valence-corrected chi connectivity index (χ0v) is 21.9. The third-order valence-corrected chi connectivity index (χ3v) is 7.03. The zero-order valence-electron chi connectivity index (χ0n) is 20.4. The van der Waals surface area contributed by atoms with Gasteiger partial charge in [0.15, 0.2) is 0 Å². The van der Waals surface area contributed by atoms with Gasteiger partial charge in [0, 0.05) is 30.3 Å². The number of amides is 2. The average Bonchev–Trinajstić information content (AvgIpc) is 2.86. The summed E-state index contributed by atoms with van der Waals surface area (Å²) < 4.78 is 0. The van der Waals surface area contributed by atoms with Gasteiger partial charge in [-0.15, -0.1) is 11.8 Å². The lowest BCUT2D eigenvalue weighted by atomic mass is 10.0. The number of thioether (sulfide) groups is 1. The minimum absolute atomic E-state index is 0.0591. The van der Waals surface area contributed by atoms with E-state index in [4.69, 9.17) is 11.6 Å². The number of nitrogens with one attached hydrogen (secondary N) is 1. The first-order chi connectivity index (χ1) is 17.0. The molecule has 0 aliphatic heterocycles. The lowest BCUT2D eigenvalue weighted by Crippen LogP contribution is -2.51. The van der Waals surface area contributed by atoms with Crippen molar-refractivity contribution in [1.82, 2.24) is 10.2 Å². The van der Waals surface area contributed by atoms with Crippen molar-refractivity contribution in [3.05, 3.63) is 106 Å². The number of benzene rings is 3. The molecule has 0 aromatic heterocycles. The molecule has 184 valence electrons. The van der Waals surface area contributed by atoms with Gasteiger partial charge in [0.1, 0.15) is 6.04 Å². The van der Waals surface area contributed by atoms with Crippen molar-refractivity contribution in [1.29, 1.82) is 0 Å². The fourth-order valence-electron chi connectivity index (χ4n) is 3.87. The Hall–Kier alpha value is -2.76. The number of carbonyl (C=O) groups excluding carboxylic acids is 2. The van der Waals surface area contributed by atoms with Gasteiger partial charge in [0.25, 0.3) is 0 Å². The fraction of sp³-hybridized carbons (Fsp3) is 0.310. The van der Waals surface area contributed by atoms with Gasteiger partial charge >= 0.3 is 0 Å². The molecule has 1 N–H and O–H groups in total. The number of halogens is 1. The summed E-state index contributed by atoms with van der Waals surface area (Å²) in [4.78, 5) is 28.7. The Kier molecular flexibility index (Phi) is 10.7. The lowest BCUT2D eigenvalue weighted by molar-refractivity contribution is -0.139. The second-order valence-electron chi connectivity index (χ2n) is 8.59. The molecule has 3 aromatic rings. The summed E-state index contributed by atoms with van der Waals surface area (Å²) >= 11 is 7.81. The minimum Gasteiger partial charge on any atom is -0.354 e. The van der Waals surface area contributed by atoms with Crippen LogP contribution in [0.1, 0.15) is 35.6 Å². The molecule has 0 radical (unpaired) electrons. The summed E-state index contributed by atoms with van der Waals surface area (Å²) in [6.45, 7) is 5.01. The molecule has 0 saturated carbocycles. The number of aryl methyl sites for hydroxylation is 1. The molecule has 6 heteroatoms. The second-order valence-corrected chi connectivity index (χ2v) is 9.98. The Bertz CT molecular complexity index is 1110. The summed E-state index contributed by atoms with van der Waals surface area (Å²) in [7, 11) is 0. The SMILES string of the molecule is CCCNC(=O)[C@H](Cc1ccccc1)N(Cc1cccc(C)c1)C(=O)CSCc1ccccc1Cl. The Labute approximate surface area is 218 Å². The number of rotatable bonds is 12. The van der Waals surface area contributed by atoms with Crippen molar-refractivity contribution in [2.24, 2.45) is 0 Å². The van der Waals surface area contributed by atoms with E-state index in [0.717, 1.165) is 28.7 Å². The first-order valence-corrected chi connectivity index (χ1v) is 13.5. The molecule has 0 aliphatic rings. The Morgan fingerprint density at radius 3 is 2.40 bits per heavy atom. The van der Waals surface area contributed by atoms with E-state index in [0.29, 0.717) is 30.3 Å². The number of hydrogen-bond donors (Lipinski definition) is 1. The van der Waals surface area contributed by atoms with E-state index in [1.807, 2.05) is 86.6 Å². The van der Waals surface area contributed by atoms with Crippen LogP contribution in [0.15, 0.2) is 78.9 Å². The fourth-order valence-corrected chi connectivity index (χ4v) is 5.07. The maximum atomic E-state index is 13.6. The summed E-state index contributed by atoms with van der Waals surface area (Å²) in [6, 6.07) is 25.1. The van der Waals surface area contributed by atoms with Gasteiger partial charge in [-0.1, -0.05) is 96.9 Å². The maximum absolute atomic E-state index is 13.6. The molecule has 3 rings (SSSR count). The molecular weight excluding hydrogens is 476 g/mol. The van der Waals surface area contributed by atoms with Gasteiger partial charge in [0.05, 0.1) is 5.75 Å². The highest BCUT2D eigenvalue weighted by Crippen LogP contribution is 2.22. The van der Waals surface area contributed by atoms with Gasteiger partial charge in [0.2, 0.25) is 11.8 Å². The van der Waals surface area contributed by atoms with Crippen molar-refractivity contribution in [2.75, 3.05) is 12.3 Å². The topological polar surface area (TPSA) is 49.4 Å². The molecule has 35 heavy (non-hydrogen) atoms. The Balaban J connectivity index is 1.84. The van der Waals surface area contributed by atoms with Crippen LogP contribution >= 0.6 is 23.4 Å². The highest BCUT2D eigenvalue weighted by Gasteiger charge is 2.30. The molecule has 4 nitrogen and oxygen atoms in total. The Morgan fingerprint density at radius 1 is 0.971 bits per heavy atom. The van der Waals surface area contributed by atoms with E-state index in [1.54, 1.807) is 4.90 Å². The summed E-state index contributed by atoms with van der Waals surface area (Å²) in [5.41, 5.74) is 4.16. The van der Waals surface area contributed by atoms with Crippen molar-refractivity contribution in [3.63, 3.8) is 0 Å². The average molecular weight is 509 g/mol. The maximum Gasteiger partial charge on any atom is 0.243 e. The monoisotopic (exact) mass is 508 g/mol. The van der Waals surface area contributed by atoms with E-state index in [9.17, 15) is 9.59 Å². The summed E-state index contributed by atoms with van der Waals surface area (Å²) in [5, 5.41) is 3.72. The number of carbonyl (C=O) groups is 2. The zero-order chi connectivity index (χ0) is 25.0. The van der Waals surface area contributed by atoms with E-state index < -0.39 is 6.04 Å². The third-order valence-electron chi connectivity index (χ3n) is 5.70. The van der Waals surface area contributed by atoms with Crippen LogP contribution in [0.25, 0.3) is 0 Å². The molecule has 0 fully saturated rings. The molecule has 2 amide bonds. The molecule has 0 heterocycles. The van der Waals surface area contributed by atoms with Crippen LogP contribution in [0.5, 0.6) is 0 Å². The van der Waals surface area contributed by atoms with Crippen LogP contribution in [0, 0.1) is 6.92 Å². The highest BCUT2D eigenvalue weighted by atomic mass is 35.5. The molecule has 0 spiro atoms. The second kappa shape index (κ2) is 14.0. The molecule has 0 saturated heterocycles. The molecular formula is C29H33ClN2O2S. The van der Waals surface area contributed by atoms with Gasteiger partial charge in [-0.25, -0.2) is 0 Å². The van der Waals surface area contributed by atoms with Gasteiger partial charge in [-0.3, -0.25) is 9.59 Å². The summed E-state index contributed by atoms with van der Waals surface area (Å²) in [5.74, 6) is 0.724.